The summed E-state index contributed by atoms with van der Waals surface area (Å²) in [5.74, 6) is 1.15. The summed E-state index contributed by atoms with van der Waals surface area (Å²) in [4.78, 5) is 12.5. The zero-order valence-electron chi connectivity index (χ0n) is 12.9. The number of Topliss-reactive ketones (excluding diaryl/α,β-unsaturated/α-hetero) is 1. The predicted octanol–water partition coefficient (Wildman–Crippen LogP) is 2.71. The SMILES string of the molecule is COc1ccc(C(=O)CC(C)c2cc[n+]([O-])cc2)c(OC)c1. The lowest BCUT2D eigenvalue weighted by Gasteiger charge is -2.13. The molecule has 2 rings (SSSR count). The van der Waals surface area contributed by atoms with Crippen LogP contribution < -0.4 is 14.2 Å². The molecule has 0 saturated carbocycles. The zero-order chi connectivity index (χ0) is 16.1. The molecular formula is C17H19NO4. The van der Waals surface area contributed by atoms with E-state index in [-0.39, 0.29) is 11.7 Å². The highest BCUT2D eigenvalue weighted by Gasteiger charge is 2.17. The number of benzene rings is 1. The maximum atomic E-state index is 12.5. The van der Waals surface area contributed by atoms with Gasteiger partial charge in [-0.05, 0) is 23.6 Å². The van der Waals surface area contributed by atoms with Gasteiger partial charge in [0.2, 0.25) is 0 Å². The second-order valence-electron chi connectivity index (χ2n) is 5.09. The van der Waals surface area contributed by atoms with Crippen LogP contribution in [0.5, 0.6) is 11.5 Å². The second-order valence-corrected chi connectivity index (χ2v) is 5.09. The zero-order valence-corrected chi connectivity index (χ0v) is 12.9. The van der Waals surface area contributed by atoms with Crippen LogP contribution in [0.2, 0.25) is 0 Å². The molecule has 0 aliphatic heterocycles. The lowest BCUT2D eigenvalue weighted by molar-refractivity contribution is -0.605. The summed E-state index contributed by atoms with van der Waals surface area (Å²) in [5.41, 5.74) is 1.48. The first-order chi connectivity index (χ1) is 10.5. The van der Waals surface area contributed by atoms with E-state index in [9.17, 15) is 10.0 Å². The number of hydrogen-bond donors (Lipinski definition) is 0. The van der Waals surface area contributed by atoms with Crippen molar-refractivity contribution in [3.63, 3.8) is 0 Å². The first-order valence-corrected chi connectivity index (χ1v) is 6.99. The Labute approximate surface area is 129 Å². The van der Waals surface area contributed by atoms with Gasteiger partial charge in [0.05, 0.1) is 19.8 Å². The van der Waals surface area contributed by atoms with E-state index in [1.165, 1.54) is 19.5 Å². The van der Waals surface area contributed by atoms with Crippen molar-refractivity contribution in [3.8, 4) is 11.5 Å². The Balaban J connectivity index is 2.16. The number of pyridine rings is 1. The summed E-state index contributed by atoms with van der Waals surface area (Å²) >= 11 is 0. The summed E-state index contributed by atoms with van der Waals surface area (Å²) in [5, 5.41) is 11.1. The van der Waals surface area contributed by atoms with Crippen LogP contribution in [-0.2, 0) is 0 Å². The number of ether oxygens (including phenoxy) is 2. The molecule has 22 heavy (non-hydrogen) atoms. The minimum atomic E-state index is -0.00847. The average Bonchev–Trinajstić information content (AvgIpc) is 2.54. The molecule has 0 fully saturated rings. The Morgan fingerprint density at radius 1 is 1.18 bits per heavy atom. The molecule has 5 nitrogen and oxygen atoms in total. The molecule has 0 aliphatic rings. The van der Waals surface area contributed by atoms with Crippen LogP contribution in [0.15, 0.2) is 42.7 Å². The fourth-order valence-electron chi connectivity index (χ4n) is 2.29. The van der Waals surface area contributed by atoms with E-state index >= 15 is 0 Å². The minimum Gasteiger partial charge on any atom is -0.619 e. The summed E-state index contributed by atoms with van der Waals surface area (Å²) in [6, 6.07) is 8.61. The van der Waals surface area contributed by atoms with Crippen molar-refractivity contribution in [3.05, 3.63) is 59.1 Å². The van der Waals surface area contributed by atoms with E-state index in [0.717, 1.165) is 10.3 Å². The van der Waals surface area contributed by atoms with E-state index in [1.54, 1.807) is 37.4 Å². The molecule has 1 aromatic carbocycles. The maximum absolute atomic E-state index is 12.5. The third kappa shape index (κ3) is 3.55. The number of carbonyl (C=O) groups excluding carboxylic acids is 1. The molecule has 2 aromatic rings. The van der Waals surface area contributed by atoms with Crippen molar-refractivity contribution >= 4 is 5.78 Å². The van der Waals surface area contributed by atoms with E-state index in [2.05, 4.69) is 0 Å². The first kappa shape index (κ1) is 15.8. The molecule has 5 heteroatoms. The molecule has 0 saturated heterocycles. The number of methoxy groups -OCH3 is 2. The van der Waals surface area contributed by atoms with E-state index in [1.807, 2.05) is 6.92 Å². The number of ketones is 1. The third-order valence-corrected chi connectivity index (χ3v) is 3.60. The highest BCUT2D eigenvalue weighted by atomic mass is 16.5. The monoisotopic (exact) mass is 301 g/mol. The van der Waals surface area contributed by atoms with Crippen molar-refractivity contribution in [1.82, 2.24) is 0 Å². The van der Waals surface area contributed by atoms with Gasteiger partial charge in [0.1, 0.15) is 11.5 Å². The molecule has 0 spiro atoms. The molecule has 1 aromatic heterocycles. The summed E-state index contributed by atoms with van der Waals surface area (Å²) in [6.07, 6.45) is 3.21. The normalized spacial score (nSPS) is 11.8. The van der Waals surface area contributed by atoms with E-state index in [0.29, 0.717) is 23.5 Å². The van der Waals surface area contributed by atoms with Crippen LogP contribution in [0, 0.1) is 5.21 Å². The van der Waals surface area contributed by atoms with Gasteiger partial charge < -0.3 is 14.7 Å². The molecule has 0 amide bonds. The van der Waals surface area contributed by atoms with Gasteiger partial charge in [-0.3, -0.25) is 4.79 Å². The summed E-state index contributed by atoms with van der Waals surface area (Å²) in [6.45, 7) is 1.96. The van der Waals surface area contributed by atoms with Crippen LogP contribution in [0.1, 0.15) is 35.2 Å². The number of aromatic nitrogens is 1. The molecule has 0 radical (unpaired) electrons. The molecule has 0 bridgehead atoms. The van der Waals surface area contributed by atoms with Gasteiger partial charge in [-0.25, -0.2) is 0 Å². The molecular weight excluding hydrogens is 282 g/mol. The first-order valence-electron chi connectivity index (χ1n) is 6.99. The topological polar surface area (TPSA) is 62.5 Å². The van der Waals surface area contributed by atoms with Crippen LogP contribution in [0.3, 0.4) is 0 Å². The Kier molecular flexibility index (Phi) is 4.99. The Hall–Kier alpha value is -2.56. The lowest BCUT2D eigenvalue weighted by atomic mass is 9.93. The summed E-state index contributed by atoms with van der Waals surface area (Å²) < 4.78 is 11.1. The Morgan fingerprint density at radius 3 is 2.45 bits per heavy atom. The maximum Gasteiger partial charge on any atom is 0.180 e. The van der Waals surface area contributed by atoms with Gasteiger partial charge in [0.15, 0.2) is 18.2 Å². The van der Waals surface area contributed by atoms with Gasteiger partial charge in [0, 0.05) is 24.6 Å². The molecule has 116 valence electrons. The van der Waals surface area contributed by atoms with Crippen molar-refractivity contribution in [1.29, 1.82) is 0 Å². The van der Waals surface area contributed by atoms with Crippen LogP contribution in [0.25, 0.3) is 0 Å². The number of hydrogen-bond acceptors (Lipinski definition) is 4. The molecule has 1 heterocycles. The standard InChI is InChI=1S/C17H19NO4/c1-12(13-6-8-18(20)9-7-13)10-16(19)15-5-4-14(21-2)11-17(15)22-3/h4-9,11-12H,10H2,1-3H3. The van der Waals surface area contributed by atoms with Gasteiger partial charge >= 0.3 is 0 Å². The van der Waals surface area contributed by atoms with Crippen molar-refractivity contribution in [2.75, 3.05) is 14.2 Å². The molecule has 1 atom stereocenters. The van der Waals surface area contributed by atoms with Gasteiger partial charge in [0.25, 0.3) is 0 Å². The van der Waals surface area contributed by atoms with Gasteiger partial charge in [-0.2, -0.15) is 4.73 Å². The van der Waals surface area contributed by atoms with Crippen LogP contribution in [-0.4, -0.2) is 20.0 Å². The lowest BCUT2D eigenvalue weighted by Crippen LogP contribution is -2.24. The minimum absolute atomic E-state index is 0.00847. The Bertz CT molecular complexity index is 652. The van der Waals surface area contributed by atoms with Crippen molar-refractivity contribution in [2.45, 2.75) is 19.3 Å². The smallest absolute Gasteiger partial charge is 0.180 e. The molecule has 0 aliphatic carbocycles. The fraction of sp³-hybridized carbons (Fsp3) is 0.294. The van der Waals surface area contributed by atoms with Gasteiger partial charge in [-0.15, -0.1) is 0 Å². The fourth-order valence-corrected chi connectivity index (χ4v) is 2.29. The number of rotatable bonds is 6. The van der Waals surface area contributed by atoms with Crippen molar-refractivity contribution in [2.24, 2.45) is 0 Å². The molecule has 0 N–H and O–H groups in total. The van der Waals surface area contributed by atoms with Crippen LogP contribution in [0.4, 0.5) is 0 Å². The van der Waals surface area contributed by atoms with Crippen LogP contribution >= 0.6 is 0 Å². The highest BCUT2D eigenvalue weighted by molar-refractivity contribution is 5.99. The quantitative estimate of drug-likeness (QED) is 0.467. The third-order valence-electron chi connectivity index (χ3n) is 3.60. The largest absolute Gasteiger partial charge is 0.619 e. The Morgan fingerprint density at radius 2 is 1.86 bits per heavy atom. The number of carbonyl (C=O) groups is 1. The van der Waals surface area contributed by atoms with Gasteiger partial charge in [-0.1, -0.05) is 6.92 Å². The predicted molar refractivity (Wildman–Crippen MR) is 82.3 cm³/mol. The average molecular weight is 301 g/mol. The second kappa shape index (κ2) is 6.93. The van der Waals surface area contributed by atoms with Crippen molar-refractivity contribution < 1.29 is 19.0 Å². The highest BCUT2D eigenvalue weighted by Crippen LogP contribution is 2.28. The van der Waals surface area contributed by atoms with E-state index < -0.39 is 0 Å². The van der Waals surface area contributed by atoms with E-state index in [4.69, 9.17) is 9.47 Å². The molecule has 1 unspecified atom stereocenters. The summed E-state index contributed by atoms with van der Waals surface area (Å²) in [7, 11) is 3.09. The number of nitrogens with zero attached hydrogens (tertiary/aromatic N) is 1.